The molecule has 0 amide bonds. The summed E-state index contributed by atoms with van der Waals surface area (Å²) in [5.41, 5.74) is 0.434. The van der Waals surface area contributed by atoms with Gasteiger partial charge in [0.1, 0.15) is 17.2 Å². The van der Waals surface area contributed by atoms with Gasteiger partial charge in [-0.2, -0.15) is 13.2 Å². The monoisotopic (exact) mass is 364 g/mol. The summed E-state index contributed by atoms with van der Waals surface area (Å²) in [7, 11) is 1.55. The lowest BCUT2D eigenvalue weighted by molar-refractivity contribution is -0.136. The van der Waals surface area contributed by atoms with E-state index in [1.54, 1.807) is 25.3 Å². The molecular weight excluding hydrogens is 345 g/mol. The van der Waals surface area contributed by atoms with Crippen LogP contribution in [0.1, 0.15) is 19.4 Å². The Kier molecular flexibility index (Phi) is 4.67. The molecule has 0 atom stereocenters. The molecule has 0 fully saturated rings. The van der Waals surface area contributed by atoms with Gasteiger partial charge in [-0.1, -0.05) is 12.1 Å². The van der Waals surface area contributed by atoms with Gasteiger partial charge in [0.15, 0.2) is 0 Å². The molecule has 8 heteroatoms. The zero-order valence-electron chi connectivity index (χ0n) is 14.5. The van der Waals surface area contributed by atoms with Gasteiger partial charge in [-0.05, 0) is 26.0 Å². The lowest BCUT2D eigenvalue weighted by atomic mass is 10.1. The molecule has 1 aromatic carbocycles. The average Bonchev–Trinajstić information content (AvgIpc) is 2.99. The maximum absolute atomic E-state index is 13.3. The fourth-order valence-corrected chi connectivity index (χ4v) is 2.73. The summed E-state index contributed by atoms with van der Waals surface area (Å²) >= 11 is 0. The largest absolute Gasteiger partial charge is 0.495 e. The number of ether oxygens (including phenoxy) is 1. The van der Waals surface area contributed by atoms with Gasteiger partial charge in [-0.3, -0.25) is 0 Å². The first kappa shape index (κ1) is 17.9. The summed E-state index contributed by atoms with van der Waals surface area (Å²) in [6.07, 6.45) is -3.53. The average molecular weight is 364 g/mol. The molecule has 2 aromatic heterocycles. The van der Waals surface area contributed by atoms with Gasteiger partial charge >= 0.3 is 6.18 Å². The van der Waals surface area contributed by atoms with Crippen molar-refractivity contribution in [1.82, 2.24) is 9.97 Å². The van der Waals surface area contributed by atoms with Crippen LogP contribution in [-0.2, 0) is 6.18 Å². The van der Waals surface area contributed by atoms with Crippen molar-refractivity contribution in [2.24, 2.45) is 0 Å². The van der Waals surface area contributed by atoms with Gasteiger partial charge in [0, 0.05) is 24.0 Å². The Morgan fingerprint density at radius 3 is 2.54 bits per heavy atom. The van der Waals surface area contributed by atoms with Crippen molar-refractivity contribution in [2.75, 3.05) is 17.7 Å². The summed E-state index contributed by atoms with van der Waals surface area (Å²) in [5.74, 6) is 1.01. The Bertz CT molecular complexity index is 918. The van der Waals surface area contributed by atoms with E-state index in [1.807, 2.05) is 26.0 Å². The van der Waals surface area contributed by atoms with Crippen LogP contribution in [0.4, 0.5) is 30.4 Å². The van der Waals surface area contributed by atoms with Crippen LogP contribution >= 0.6 is 0 Å². The van der Waals surface area contributed by atoms with Crippen LogP contribution in [0.5, 0.6) is 5.75 Å². The summed E-state index contributed by atoms with van der Waals surface area (Å²) in [4.78, 5) is 6.91. The number of aromatic amines is 1. The van der Waals surface area contributed by atoms with E-state index < -0.39 is 11.7 Å². The highest BCUT2D eigenvalue weighted by molar-refractivity contribution is 5.95. The number of fused-ring (bicyclic) bond motifs is 1. The number of methoxy groups -OCH3 is 1. The molecule has 2 heterocycles. The molecule has 3 rings (SSSR count). The third-order valence-electron chi connectivity index (χ3n) is 3.76. The predicted molar refractivity (Wildman–Crippen MR) is 96.1 cm³/mol. The molecule has 0 saturated carbocycles. The van der Waals surface area contributed by atoms with Crippen LogP contribution in [0, 0.1) is 0 Å². The highest BCUT2D eigenvalue weighted by Gasteiger charge is 2.35. The molecule has 0 aliphatic heterocycles. The Hall–Kier alpha value is -2.90. The van der Waals surface area contributed by atoms with E-state index in [2.05, 4.69) is 20.6 Å². The zero-order valence-corrected chi connectivity index (χ0v) is 14.5. The Morgan fingerprint density at radius 2 is 1.88 bits per heavy atom. The molecule has 26 heavy (non-hydrogen) atoms. The van der Waals surface area contributed by atoms with Crippen molar-refractivity contribution in [2.45, 2.75) is 26.1 Å². The van der Waals surface area contributed by atoms with Crippen molar-refractivity contribution in [1.29, 1.82) is 0 Å². The zero-order chi connectivity index (χ0) is 18.9. The van der Waals surface area contributed by atoms with E-state index in [4.69, 9.17) is 4.74 Å². The van der Waals surface area contributed by atoms with Crippen molar-refractivity contribution < 1.29 is 17.9 Å². The van der Waals surface area contributed by atoms with Gasteiger partial charge in [0.05, 0.1) is 23.7 Å². The van der Waals surface area contributed by atoms with Crippen molar-refractivity contribution in [3.63, 3.8) is 0 Å². The number of hydrogen-bond donors (Lipinski definition) is 3. The highest BCUT2D eigenvalue weighted by Crippen LogP contribution is 2.39. The molecule has 3 aromatic rings. The van der Waals surface area contributed by atoms with Crippen molar-refractivity contribution >= 4 is 28.2 Å². The minimum absolute atomic E-state index is 0.0248. The normalized spacial score (nSPS) is 11.8. The first-order valence-corrected chi connectivity index (χ1v) is 8.05. The van der Waals surface area contributed by atoms with E-state index in [-0.39, 0.29) is 17.1 Å². The van der Waals surface area contributed by atoms with Gasteiger partial charge in [-0.25, -0.2) is 4.98 Å². The molecule has 0 bridgehead atoms. The number of para-hydroxylation sites is 2. The number of rotatable bonds is 5. The number of benzene rings is 1. The van der Waals surface area contributed by atoms with Crippen LogP contribution in [0.3, 0.4) is 0 Å². The molecule has 0 aliphatic rings. The minimum Gasteiger partial charge on any atom is -0.495 e. The number of H-pyrrole nitrogens is 1. The van der Waals surface area contributed by atoms with E-state index in [0.717, 1.165) is 6.20 Å². The molecule has 0 aliphatic carbocycles. The van der Waals surface area contributed by atoms with Gasteiger partial charge in [-0.15, -0.1) is 0 Å². The van der Waals surface area contributed by atoms with E-state index in [9.17, 15) is 13.2 Å². The molecule has 0 unspecified atom stereocenters. The summed E-state index contributed by atoms with van der Waals surface area (Å²) in [6, 6.07) is 8.76. The van der Waals surface area contributed by atoms with Crippen LogP contribution in [0.15, 0.2) is 36.5 Å². The molecule has 5 nitrogen and oxygen atoms in total. The highest BCUT2D eigenvalue weighted by atomic mass is 19.4. The van der Waals surface area contributed by atoms with Gasteiger partial charge in [0.25, 0.3) is 0 Å². The topological polar surface area (TPSA) is 62.0 Å². The van der Waals surface area contributed by atoms with Crippen LogP contribution in [-0.4, -0.2) is 23.1 Å². The van der Waals surface area contributed by atoms with Gasteiger partial charge < -0.3 is 20.4 Å². The number of aromatic nitrogens is 2. The van der Waals surface area contributed by atoms with Crippen molar-refractivity contribution in [3.8, 4) is 5.75 Å². The Morgan fingerprint density at radius 1 is 1.15 bits per heavy atom. The standard InChI is InChI=1S/C18H19F3N4O/c1-10(2)23-13-8-15(24-12-6-4-5-7-14(12)26-3)25-17-16(13)11(9-22-17)18(19,20)21/h4-10H,1-3H3,(H3,22,23,24,25). The summed E-state index contributed by atoms with van der Waals surface area (Å²) in [5, 5.41) is 6.19. The third kappa shape index (κ3) is 3.54. The van der Waals surface area contributed by atoms with Crippen LogP contribution in [0.2, 0.25) is 0 Å². The summed E-state index contributed by atoms with van der Waals surface area (Å²) in [6.45, 7) is 3.72. The number of nitrogens with zero attached hydrogens (tertiary/aromatic N) is 1. The van der Waals surface area contributed by atoms with E-state index in [0.29, 0.717) is 22.9 Å². The predicted octanol–water partition coefficient (Wildman–Crippen LogP) is 5.15. The Labute approximate surface area is 148 Å². The number of nitrogens with one attached hydrogen (secondary N) is 3. The molecule has 3 N–H and O–H groups in total. The number of hydrogen-bond acceptors (Lipinski definition) is 4. The number of anilines is 3. The number of alkyl halides is 3. The molecule has 0 radical (unpaired) electrons. The quantitative estimate of drug-likeness (QED) is 0.586. The Balaban J connectivity index is 2.11. The fourth-order valence-electron chi connectivity index (χ4n) is 2.73. The SMILES string of the molecule is COc1ccccc1Nc1cc(NC(C)C)c2c(C(F)(F)F)c[nH]c2n1. The van der Waals surface area contributed by atoms with E-state index in [1.165, 1.54) is 0 Å². The maximum atomic E-state index is 13.3. The summed E-state index contributed by atoms with van der Waals surface area (Å²) < 4.78 is 45.2. The third-order valence-corrected chi connectivity index (χ3v) is 3.76. The van der Waals surface area contributed by atoms with Crippen LogP contribution in [0.25, 0.3) is 11.0 Å². The number of halogens is 3. The maximum Gasteiger partial charge on any atom is 0.418 e. The molecule has 138 valence electrons. The van der Waals surface area contributed by atoms with Gasteiger partial charge in [0.2, 0.25) is 0 Å². The van der Waals surface area contributed by atoms with Crippen molar-refractivity contribution in [3.05, 3.63) is 42.1 Å². The fraction of sp³-hybridized carbons (Fsp3) is 0.278. The minimum atomic E-state index is -4.47. The lowest BCUT2D eigenvalue weighted by Gasteiger charge is -2.16. The second kappa shape index (κ2) is 6.78. The van der Waals surface area contributed by atoms with E-state index >= 15 is 0 Å². The number of pyridine rings is 1. The molecule has 0 spiro atoms. The second-order valence-electron chi connectivity index (χ2n) is 6.10. The second-order valence-corrected chi connectivity index (χ2v) is 6.10. The molecule has 0 saturated heterocycles. The first-order valence-electron chi connectivity index (χ1n) is 8.05. The molecular formula is C18H19F3N4O. The smallest absolute Gasteiger partial charge is 0.418 e. The lowest BCUT2D eigenvalue weighted by Crippen LogP contribution is -2.12. The first-order chi connectivity index (χ1) is 12.3. The van der Waals surface area contributed by atoms with Crippen LogP contribution < -0.4 is 15.4 Å².